The van der Waals surface area contributed by atoms with Crippen LogP contribution >= 0.6 is 11.3 Å². The number of hydrogen-bond donors (Lipinski definition) is 1. The van der Waals surface area contributed by atoms with Gasteiger partial charge in [-0.1, -0.05) is 146 Å². The Balaban J connectivity index is 1.20. The van der Waals surface area contributed by atoms with Crippen LogP contribution in [0.5, 0.6) is 5.75 Å². The lowest BCUT2D eigenvalue weighted by Gasteiger charge is -2.46. The van der Waals surface area contributed by atoms with Crippen LogP contribution in [-0.4, -0.2) is 49.3 Å². The van der Waals surface area contributed by atoms with Gasteiger partial charge in [-0.25, -0.2) is 0 Å². The Morgan fingerprint density at radius 3 is 1.66 bits per heavy atom. The number of thiophene rings is 1. The van der Waals surface area contributed by atoms with Gasteiger partial charge < -0.3 is 33.5 Å². The van der Waals surface area contributed by atoms with Crippen LogP contribution in [-0.2, 0) is 56.5 Å². The first-order chi connectivity index (χ1) is 29.2. The molecule has 59 heavy (non-hydrogen) atoms. The highest BCUT2D eigenvalue weighted by Crippen LogP contribution is 2.42. The molecule has 1 saturated heterocycles. The predicted molar refractivity (Wildman–Crippen MR) is 232 cm³/mol. The van der Waals surface area contributed by atoms with Crippen LogP contribution in [0.15, 0.2) is 170 Å². The van der Waals surface area contributed by atoms with Crippen molar-refractivity contribution in [1.29, 1.82) is 0 Å². The predicted octanol–water partition coefficient (Wildman–Crippen LogP) is 10.3. The van der Waals surface area contributed by atoms with E-state index in [0.29, 0.717) is 32.2 Å². The van der Waals surface area contributed by atoms with Crippen molar-refractivity contribution < 1.29 is 33.5 Å². The van der Waals surface area contributed by atoms with Gasteiger partial charge in [-0.2, -0.15) is 0 Å². The number of rotatable bonds is 19. The Morgan fingerprint density at radius 1 is 0.525 bits per heavy atom. The molecular formula is C51H50O7S. The highest BCUT2D eigenvalue weighted by Gasteiger charge is 2.49. The minimum absolute atomic E-state index is 0.128. The van der Waals surface area contributed by atoms with Crippen molar-refractivity contribution in [3.8, 4) is 5.75 Å². The van der Waals surface area contributed by atoms with E-state index in [4.69, 9.17) is 28.4 Å². The number of aliphatic hydroxyl groups excluding tert-OH is 1. The number of aliphatic hydroxyl groups is 1. The Bertz CT molecular complexity index is 2270. The van der Waals surface area contributed by atoms with E-state index in [9.17, 15) is 5.11 Å². The van der Waals surface area contributed by atoms with E-state index < -0.39 is 30.5 Å². The van der Waals surface area contributed by atoms with Crippen LogP contribution in [0.2, 0.25) is 0 Å². The van der Waals surface area contributed by atoms with Crippen molar-refractivity contribution in [2.75, 3.05) is 19.8 Å². The number of ether oxygens (including phenoxy) is 6. The molecule has 2 heterocycles. The van der Waals surface area contributed by atoms with Gasteiger partial charge >= 0.3 is 0 Å². The first kappa shape index (κ1) is 40.6. The number of fused-ring (bicyclic) bond motifs is 1. The van der Waals surface area contributed by atoms with Gasteiger partial charge in [0.2, 0.25) is 0 Å². The minimum Gasteiger partial charge on any atom is -0.491 e. The lowest BCUT2D eigenvalue weighted by atomic mass is 9.89. The number of benzene rings is 6. The fourth-order valence-electron chi connectivity index (χ4n) is 7.58. The van der Waals surface area contributed by atoms with E-state index in [0.717, 1.165) is 39.8 Å². The lowest BCUT2D eigenvalue weighted by molar-refractivity contribution is -0.275. The molecule has 302 valence electrons. The molecule has 1 aliphatic rings. The van der Waals surface area contributed by atoms with Crippen molar-refractivity contribution in [2.24, 2.45) is 0 Å². The van der Waals surface area contributed by atoms with E-state index in [2.05, 4.69) is 91.0 Å². The Hall–Kier alpha value is -5.16. The maximum atomic E-state index is 9.92. The maximum absolute atomic E-state index is 9.92. The van der Waals surface area contributed by atoms with Crippen molar-refractivity contribution in [3.63, 3.8) is 0 Å². The van der Waals surface area contributed by atoms with Crippen LogP contribution < -0.4 is 4.74 Å². The molecule has 5 atom stereocenters. The third-order valence-corrected chi connectivity index (χ3v) is 11.6. The standard InChI is InChI=1S/C51H50O7S/c52-27-28-54-45-26-25-41(29-43-31-42-23-13-14-24-47(42)59-43)30-44(45)48-50(56-34-39-19-9-3-10-20-39)51(57-35-40-21-11-4-12-22-40)49(55-33-38-17-7-2-8-18-38)46(58-48)36-53-32-37-15-5-1-6-16-37/h1-26,30-31,46,48-52H,27-29,32-36H2/t46-,48+,49-,50+,51+/m1/s1. The van der Waals surface area contributed by atoms with E-state index >= 15 is 0 Å². The monoisotopic (exact) mass is 806 g/mol. The summed E-state index contributed by atoms with van der Waals surface area (Å²) in [4.78, 5) is 1.26. The average Bonchev–Trinajstić information content (AvgIpc) is 3.70. The molecule has 6 aromatic carbocycles. The van der Waals surface area contributed by atoms with Crippen LogP contribution in [0.25, 0.3) is 10.1 Å². The summed E-state index contributed by atoms with van der Waals surface area (Å²) in [6.07, 6.45) is -2.28. The van der Waals surface area contributed by atoms with E-state index in [-0.39, 0.29) is 19.8 Å². The van der Waals surface area contributed by atoms with Crippen LogP contribution in [0.1, 0.15) is 44.4 Å². The van der Waals surface area contributed by atoms with Gasteiger partial charge in [0, 0.05) is 21.6 Å². The molecule has 8 rings (SSSR count). The SMILES string of the molecule is OCCOc1ccc(Cc2cc3ccccc3s2)cc1[C@@H]1O[C@H](COCc2ccccc2)[C@@H](OCc2ccccc2)[C@H](OCc2ccccc2)[C@H]1OCc1ccccc1. The summed E-state index contributed by atoms with van der Waals surface area (Å²) in [5.41, 5.74) is 6.09. The summed E-state index contributed by atoms with van der Waals surface area (Å²) in [6, 6.07) is 57.6. The summed E-state index contributed by atoms with van der Waals surface area (Å²) < 4.78 is 42.2. The second kappa shape index (κ2) is 20.7. The van der Waals surface area contributed by atoms with Gasteiger partial charge in [0.25, 0.3) is 0 Å². The van der Waals surface area contributed by atoms with Crippen molar-refractivity contribution in [3.05, 3.63) is 208 Å². The highest BCUT2D eigenvalue weighted by molar-refractivity contribution is 7.19. The molecule has 0 spiro atoms. The van der Waals surface area contributed by atoms with E-state index in [1.165, 1.54) is 15.0 Å². The maximum Gasteiger partial charge on any atom is 0.125 e. The second-order valence-corrected chi connectivity index (χ2v) is 15.9. The molecule has 0 aliphatic carbocycles. The molecule has 7 aromatic rings. The zero-order valence-corrected chi connectivity index (χ0v) is 33.8. The molecule has 0 bridgehead atoms. The van der Waals surface area contributed by atoms with Gasteiger partial charge in [-0.15, -0.1) is 11.3 Å². The van der Waals surface area contributed by atoms with Crippen molar-refractivity contribution >= 4 is 21.4 Å². The molecule has 1 fully saturated rings. The fraction of sp³-hybridized carbons (Fsp3) is 0.255. The molecule has 0 saturated carbocycles. The molecule has 1 aromatic heterocycles. The second-order valence-electron chi connectivity index (χ2n) is 14.8. The van der Waals surface area contributed by atoms with Gasteiger partial charge in [0.15, 0.2) is 0 Å². The van der Waals surface area contributed by atoms with Gasteiger partial charge in [0.1, 0.15) is 42.9 Å². The van der Waals surface area contributed by atoms with Gasteiger partial charge in [0.05, 0.1) is 39.6 Å². The Morgan fingerprint density at radius 2 is 1.07 bits per heavy atom. The first-order valence-corrected chi connectivity index (χ1v) is 21.1. The molecule has 0 amide bonds. The largest absolute Gasteiger partial charge is 0.491 e. The summed E-state index contributed by atoms with van der Waals surface area (Å²) in [6.45, 7) is 1.67. The van der Waals surface area contributed by atoms with E-state index in [1.54, 1.807) is 11.3 Å². The Kier molecular flexibility index (Phi) is 14.2. The Labute approximate surface area is 350 Å². The fourth-order valence-corrected chi connectivity index (χ4v) is 8.68. The van der Waals surface area contributed by atoms with Crippen LogP contribution in [0.3, 0.4) is 0 Å². The highest BCUT2D eigenvalue weighted by atomic mass is 32.1. The van der Waals surface area contributed by atoms with Crippen LogP contribution in [0.4, 0.5) is 0 Å². The van der Waals surface area contributed by atoms with Crippen molar-refractivity contribution in [1.82, 2.24) is 0 Å². The van der Waals surface area contributed by atoms with Crippen LogP contribution in [0, 0.1) is 0 Å². The summed E-state index contributed by atoms with van der Waals surface area (Å²) in [7, 11) is 0. The summed E-state index contributed by atoms with van der Waals surface area (Å²) >= 11 is 1.80. The molecule has 1 N–H and O–H groups in total. The molecule has 1 aliphatic heterocycles. The summed E-state index contributed by atoms with van der Waals surface area (Å²) in [5, 5.41) is 11.2. The topological polar surface area (TPSA) is 75.6 Å². The molecule has 0 unspecified atom stereocenters. The summed E-state index contributed by atoms with van der Waals surface area (Å²) in [5.74, 6) is 0.617. The average molecular weight is 807 g/mol. The molecule has 7 nitrogen and oxygen atoms in total. The van der Waals surface area contributed by atoms with E-state index in [1.807, 2.05) is 78.9 Å². The van der Waals surface area contributed by atoms with Gasteiger partial charge in [-0.05, 0) is 57.5 Å². The lowest BCUT2D eigenvalue weighted by Crippen LogP contribution is -2.58. The molecule has 8 heteroatoms. The quantitative estimate of drug-likeness (QED) is 0.0872. The molecule has 0 radical (unpaired) electrons. The third-order valence-electron chi connectivity index (χ3n) is 10.5. The molecular weight excluding hydrogens is 757 g/mol. The zero-order valence-electron chi connectivity index (χ0n) is 33.0. The van der Waals surface area contributed by atoms with Gasteiger partial charge in [-0.3, -0.25) is 0 Å². The minimum atomic E-state index is -0.655. The zero-order chi connectivity index (χ0) is 40.1. The normalized spacial score (nSPS) is 19.2. The number of hydrogen-bond acceptors (Lipinski definition) is 8. The smallest absolute Gasteiger partial charge is 0.125 e. The third kappa shape index (κ3) is 10.9. The van der Waals surface area contributed by atoms with Crippen molar-refractivity contribution in [2.45, 2.75) is 63.4 Å². The first-order valence-electron chi connectivity index (χ1n) is 20.3.